The van der Waals surface area contributed by atoms with Crippen LogP contribution in [0, 0.1) is 0 Å². The summed E-state index contributed by atoms with van der Waals surface area (Å²) < 4.78 is 35.9. The molecule has 0 fully saturated rings. The molecule has 0 saturated heterocycles. The highest BCUT2D eigenvalue weighted by atomic mass is 35.5. The van der Waals surface area contributed by atoms with E-state index in [0.717, 1.165) is 4.31 Å². The second-order valence-electron chi connectivity index (χ2n) is 2.85. The van der Waals surface area contributed by atoms with Gasteiger partial charge < -0.3 is 9.84 Å². The summed E-state index contributed by atoms with van der Waals surface area (Å²) >= 11 is 5.34. The van der Waals surface area contributed by atoms with Gasteiger partial charge in [0.15, 0.2) is 0 Å². The average Bonchev–Trinajstić information content (AvgIpc) is 2.12. The van der Waals surface area contributed by atoms with Crippen LogP contribution in [0.5, 0.6) is 0 Å². The van der Waals surface area contributed by atoms with Gasteiger partial charge in [0.2, 0.25) is 0 Å². The van der Waals surface area contributed by atoms with Crippen molar-refractivity contribution in [2.24, 2.45) is 0 Å². The standard InChI is InChI=1S/C7H16ClNO5S/c1-2-9(15(11,12)13)5-7(10)6-14-4-3-8/h7,10H,2-6H2,1H3,(H,11,12,13). The van der Waals surface area contributed by atoms with E-state index in [0.29, 0.717) is 5.88 Å². The van der Waals surface area contributed by atoms with E-state index in [1.54, 1.807) is 6.92 Å². The third-order valence-corrected chi connectivity index (χ3v) is 2.84. The lowest BCUT2D eigenvalue weighted by molar-refractivity contribution is 0.0333. The highest BCUT2D eigenvalue weighted by Crippen LogP contribution is 1.99. The summed E-state index contributed by atoms with van der Waals surface area (Å²) in [6, 6.07) is 0. The van der Waals surface area contributed by atoms with Crippen LogP contribution in [0.3, 0.4) is 0 Å². The lowest BCUT2D eigenvalue weighted by Gasteiger charge is -2.19. The van der Waals surface area contributed by atoms with E-state index >= 15 is 0 Å². The molecule has 1 atom stereocenters. The maximum absolute atomic E-state index is 10.7. The molecule has 0 aliphatic rings. The molecule has 0 aromatic heterocycles. The lowest BCUT2D eigenvalue weighted by atomic mass is 10.4. The molecule has 0 radical (unpaired) electrons. The Labute approximate surface area is 94.7 Å². The summed E-state index contributed by atoms with van der Waals surface area (Å²) in [4.78, 5) is 0. The van der Waals surface area contributed by atoms with Crippen LogP contribution in [-0.4, -0.2) is 60.7 Å². The summed E-state index contributed by atoms with van der Waals surface area (Å²) in [5.74, 6) is 0.308. The Morgan fingerprint density at radius 3 is 2.53 bits per heavy atom. The highest BCUT2D eigenvalue weighted by Gasteiger charge is 2.20. The molecule has 15 heavy (non-hydrogen) atoms. The van der Waals surface area contributed by atoms with E-state index in [9.17, 15) is 13.5 Å². The van der Waals surface area contributed by atoms with Crippen LogP contribution in [-0.2, 0) is 15.0 Å². The molecule has 6 nitrogen and oxygen atoms in total. The SMILES string of the molecule is CCN(CC(O)COCCCl)S(=O)(=O)O. The molecule has 0 spiro atoms. The number of nitrogens with zero attached hydrogens (tertiary/aromatic N) is 1. The van der Waals surface area contributed by atoms with Gasteiger partial charge in [0.1, 0.15) is 0 Å². The summed E-state index contributed by atoms with van der Waals surface area (Å²) in [6.45, 7) is 1.72. The Bertz CT molecular complexity index is 258. The minimum absolute atomic E-state index is 0.0151. The molecule has 0 aliphatic carbocycles. The molecule has 0 aromatic rings. The van der Waals surface area contributed by atoms with Gasteiger partial charge >= 0.3 is 10.3 Å². The zero-order valence-corrected chi connectivity index (χ0v) is 10.0. The zero-order chi connectivity index (χ0) is 11.9. The predicted molar refractivity (Wildman–Crippen MR) is 56.3 cm³/mol. The largest absolute Gasteiger partial charge is 0.389 e. The maximum Gasteiger partial charge on any atom is 0.335 e. The number of rotatable bonds is 8. The summed E-state index contributed by atoms with van der Waals surface area (Å²) in [6.07, 6.45) is -0.977. The molecular formula is C7H16ClNO5S. The van der Waals surface area contributed by atoms with Crippen LogP contribution in [0.1, 0.15) is 6.92 Å². The minimum atomic E-state index is -4.25. The van der Waals surface area contributed by atoms with Crippen molar-refractivity contribution in [3.8, 4) is 0 Å². The molecule has 0 amide bonds. The molecular weight excluding hydrogens is 246 g/mol. The van der Waals surface area contributed by atoms with Gasteiger partial charge in [-0.05, 0) is 0 Å². The van der Waals surface area contributed by atoms with Gasteiger partial charge in [-0.2, -0.15) is 12.7 Å². The first kappa shape index (κ1) is 15.1. The fourth-order valence-corrected chi connectivity index (χ4v) is 1.74. The topological polar surface area (TPSA) is 87.1 Å². The first-order valence-corrected chi connectivity index (χ1v) is 6.39. The number of aliphatic hydroxyl groups is 1. The summed E-state index contributed by atoms with van der Waals surface area (Å²) in [5.41, 5.74) is 0. The van der Waals surface area contributed by atoms with E-state index in [1.165, 1.54) is 0 Å². The molecule has 0 saturated carbocycles. The first-order valence-electron chi connectivity index (χ1n) is 4.46. The molecule has 0 aliphatic heterocycles. The first-order chi connectivity index (χ1) is 6.91. The van der Waals surface area contributed by atoms with Crippen molar-refractivity contribution >= 4 is 21.9 Å². The quantitative estimate of drug-likeness (QED) is 0.357. The van der Waals surface area contributed by atoms with Crippen molar-refractivity contribution in [3.05, 3.63) is 0 Å². The monoisotopic (exact) mass is 261 g/mol. The van der Waals surface area contributed by atoms with E-state index in [-0.39, 0.29) is 26.3 Å². The molecule has 92 valence electrons. The van der Waals surface area contributed by atoms with Gasteiger partial charge in [-0.15, -0.1) is 11.6 Å². The normalized spacial score (nSPS) is 14.5. The third-order valence-electron chi connectivity index (χ3n) is 1.63. The number of halogens is 1. The second-order valence-corrected chi connectivity index (χ2v) is 4.64. The predicted octanol–water partition coefficient (Wildman–Crippen LogP) is -0.273. The molecule has 8 heteroatoms. The molecule has 1 unspecified atom stereocenters. The van der Waals surface area contributed by atoms with Crippen LogP contribution < -0.4 is 0 Å². The second kappa shape index (κ2) is 7.37. The van der Waals surface area contributed by atoms with Gasteiger partial charge in [0.05, 0.1) is 19.3 Å². The Morgan fingerprint density at radius 2 is 2.13 bits per heavy atom. The Hall–Kier alpha value is 0.0800. The van der Waals surface area contributed by atoms with Crippen LogP contribution in [0.25, 0.3) is 0 Å². The van der Waals surface area contributed by atoms with E-state index in [4.69, 9.17) is 20.9 Å². The number of aliphatic hydroxyl groups excluding tert-OH is 1. The number of alkyl halides is 1. The Kier molecular flexibility index (Phi) is 7.41. The van der Waals surface area contributed by atoms with Crippen LogP contribution in [0.15, 0.2) is 0 Å². The zero-order valence-electron chi connectivity index (χ0n) is 8.47. The van der Waals surface area contributed by atoms with Gasteiger partial charge in [-0.1, -0.05) is 6.92 Å². The fraction of sp³-hybridized carbons (Fsp3) is 1.00. The molecule has 0 aromatic carbocycles. The van der Waals surface area contributed by atoms with Gasteiger partial charge in [-0.3, -0.25) is 4.55 Å². The van der Waals surface area contributed by atoms with Crippen LogP contribution in [0.2, 0.25) is 0 Å². The van der Waals surface area contributed by atoms with Crippen molar-refractivity contribution in [1.29, 1.82) is 0 Å². The molecule has 0 heterocycles. The Balaban J connectivity index is 3.97. The minimum Gasteiger partial charge on any atom is -0.389 e. The Morgan fingerprint density at radius 1 is 1.53 bits per heavy atom. The fourth-order valence-electron chi connectivity index (χ4n) is 0.948. The van der Waals surface area contributed by atoms with Crippen molar-refractivity contribution in [3.63, 3.8) is 0 Å². The molecule has 0 bridgehead atoms. The highest BCUT2D eigenvalue weighted by molar-refractivity contribution is 7.83. The number of ether oxygens (including phenoxy) is 1. The smallest absolute Gasteiger partial charge is 0.335 e. The van der Waals surface area contributed by atoms with Crippen molar-refractivity contribution in [2.75, 3.05) is 32.2 Å². The summed E-state index contributed by atoms with van der Waals surface area (Å²) in [7, 11) is -4.25. The lowest BCUT2D eigenvalue weighted by Crippen LogP contribution is -2.38. The molecule has 2 N–H and O–H groups in total. The van der Waals surface area contributed by atoms with Gasteiger partial charge in [0, 0.05) is 19.0 Å². The number of hydrogen-bond acceptors (Lipinski definition) is 4. The van der Waals surface area contributed by atoms with Crippen molar-refractivity contribution in [1.82, 2.24) is 4.31 Å². The van der Waals surface area contributed by atoms with E-state index in [2.05, 4.69) is 0 Å². The third kappa shape index (κ3) is 7.04. The number of likely N-dealkylation sites (N-methyl/N-ethyl adjacent to an activating group) is 1. The van der Waals surface area contributed by atoms with Gasteiger partial charge in [-0.25, -0.2) is 0 Å². The maximum atomic E-state index is 10.7. The van der Waals surface area contributed by atoms with Crippen LogP contribution in [0.4, 0.5) is 0 Å². The van der Waals surface area contributed by atoms with E-state index in [1.807, 2.05) is 0 Å². The van der Waals surface area contributed by atoms with E-state index < -0.39 is 16.4 Å². The molecule has 0 rings (SSSR count). The van der Waals surface area contributed by atoms with Gasteiger partial charge in [0.25, 0.3) is 0 Å². The average molecular weight is 262 g/mol. The van der Waals surface area contributed by atoms with Crippen molar-refractivity contribution < 1.29 is 22.8 Å². The summed E-state index contributed by atoms with van der Waals surface area (Å²) in [5, 5.41) is 9.36. The van der Waals surface area contributed by atoms with Crippen molar-refractivity contribution in [2.45, 2.75) is 13.0 Å². The number of hydrogen-bond donors (Lipinski definition) is 2. The van der Waals surface area contributed by atoms with Crippen LogP contribution >= 0.6 is 11.6 Å².